The Morgan fingerprint density at radius 3 is 2.62 bits per heavy atom. The standard InChI is InChI=1S/C22H18F3N5O2/c23-22(24,25)20-3-1-2-17(27-20)21(32)28-18-9-15-11-30(29-19(15)8-14(18)10-26)16-6-4-13(12-31)5-7-16/h1-3,8-9,11-13,16H,4-7H2,(H,28,32). The fourth-order valence-corrected chi connectivity index (χ4v) is 3.88. The Morgan fingerprint density at radius 2 is 1.97 bits per heavy atom. The van der Waals surface area contributed by atoms with Gasteiger partial charge in [-0.2, -0.15) is 23.5 Å². The van der Waals surface area contributed by atoms with Gasteiger partial charge in [-0.15, -0.1) is 0 Å². The Morgan fingerprint density at radius 1 is 1.22 bits per heavy atom. The van der Waals surface area contributed by atoms with E-state index in [-0.39, 0.29) is 23.2 Å². The summed E-state index contributed by atoms with van der Waals surface area (Å²) in [6.07, 6.45) is 1.33. The summed E-state index contributed by atoms with van der Waals surface area (Å²) in [6.45, 7) is 0. The molecule has 3 aromatic rings. The number of rotatable bonds is 4. The van der Waals surface area contributed by atoms with Crippen molar-refractivity contribution in [2.45, 2.75) is 37.9 Å². The largest absolute Gasteiger partial charge is 0.433 e. The van der Waals surface area contributed by atoms with Crippen molar-refractivity contribution in [3.8, 4) is 6.07 Å². The monoisotopic (exact) mass is 441 g/mol. The molecule has 1 saturated carbocycles. The fraction of sp³-hybridized carbons (Fsp3) is 0.318. The number of hydrogen-bond donors (Lipinski definition) is 1. The smallest absolute Gasteiger partial charge is 0.319 e. The van der Waals surface area contributed by atoms with Gasteiger partial charge in [0.1, 0.15) is 23.7 Å². The van der Waals surface area contributed by atoms with Crippen molar-refractivity contribution in [3.63, 3.8) is 0 Å². The zero-order valence-electron chi connectivity index (χ0n) is 16.8. The summed E-state index contributed by atoms with van der Waals surface area (Å²) in [5, 5.41) is 17.2. The second-order valence-corrected chi connectivity index (χ2v) is 7.74. The molecule has 2 heterocycles. The summed E-state index contributed by atoms with van der Waals surface area (Å²) >= 11 is 0. The van der Waals surface area contributed by atoms with Crippen molar-refractivity contribution >= 4 is 28.8 Å². The minimum Gasteiger partial charge on any atom is -0.319 e. The highest BCUT2D eigenvalue weighted by atomic mass is 19.4. The molecule has 1 aliphatic rings. The number of hydrogen-bond acceptors (Lipinski definition) is 5. The summed E-state index contributed by atoms with van der Waals surface area (Å²) in [7, 11) is 0. The lowest BCUT2D eigenvalue weighted by Crippen LogP contribution is -2.19. The van der Waals surface area contributed by atoms with E-state index in [9.17, 15) is 28.0 Å². The van der Waals surface area contributed by atoms with E-state index in [4.69, 9.17) is 0 Å². The van der Waals surface area contributed by atoms with E-state index in [0.29, 0.717) is 10.9 Å². The molecule has 1 fully saturated rings. The van der Waals surface area contributed by atoms with Gasteiger partial charge in [0, 0.05) is 17.5 Å². The van der Waals surface area contributed by atoms with E-state index in [1.807, 2.05) is 10.8 Å². The summed E-state index contributed by atoms with van der Waals surface area (Å²) in [6, 6.07) is 8.26. The second kappa shape index (κ2) is 8.42. The summed E-state index contributed by atoms with van der Waals surface area (Å²) in [5.74, 6) is -0.779. The van der Waals surface area contributed by atoms with Crippen LogP contribution < -0.4 is 5.32 Å². The molecule has 2 aromatic heterocycles. The lowest BCUT2D eigenvalue weighted by atomic mass is 9.87. The van der Waals surface area contributed by atoms with Gasteiger partial charge in [0.25, 0.3) is 5.91 Å². The van der Waals surface area contributed by atoms with Crippen molar-refractivity contribution in [2.75, 3.05) is 5.32 Å². The molecule has 0 unspecified atom stereocenters. The van der Waals surface area contributed by atoms with Crippen LogP contribution in [0.1, 0.15) is 53.5 Å². The van der Waals surface area contributed by atoms with E-state index in [1.54, 1.807) is 12.3 Å². The molecule has 0 atom stereocenters. The molecule has 0 bridgehead atoms. The van der Waals surface area contributed by atoms with E-state index >= 15 is 0 Å². The maximum absolute atomic E-state index is 12.9. The first-order valence-corrected chi connectivity index (χ1v) is 10.0. The van der Waals surface area contributed by atoms with E-state index in [1.165, 1.54) is 12.1 Å². The number of nitrogens with one attached hydrogen (secondary N) is 1. The summed E-state index contributed by atoms with van der Waals surface area (Å²) < 4.78 is 40.5. The molecule has 1 aliphatic carbocycles. The van der Waals surface area contributed by atoms with Gasteiger partial charge in [0.15, 0.2) is 0 Å². The molecule has 10 heteroatoms. The number of nitrogens with zero attached hydrogens (tertiary/aromatic N) is 4. The van der Waals surface area contributed by atoms with E-state index in [2.05, 4.69) is 15.4 Å². The molecule has 0 saturated heterocycles. The van der Waals surface area contributed by atoms with Crippen molar-refractivity contribution < 1.29 is 22.8 Å². The Bertz CT molecular complexity index is 1220. The van der Waals surface area contributed by atoms with E-state index in [0.717, 1.165) is 44.1 Å². The maximum atomic E-state index is 12.9. The van der Waals surface area contributed by atoms with Crippen LogP contribution >= 0.6 is 0 Å². The first-order valence-electron chi connectivity index (χ1n) is 10.0. The molecular formula is C22H18F3N5O2. The zero-order chi connectivity index (χ0) is 22.9. The van der Waals surface area contributed by atoms with Gasteiger partial charge in [0.2, 0.25) is 0 Å². The number of pyridine rings is 1. The molecule has 4 rings (SSSR count). The first kappa shape index (κ1) is 21.5. The van der Waals surface area contributed by atoms with Gasteiger partial charge in [0.05, 0.1) is 22.8 Å². The van der Waals surface area contributed by atoms with Crippen LogP contribution in [0.3, 0.4) is 0 Å². The zero-order valence-corrected chi connectivity index (χ0v) is 16.8. The number of anilines is 1. The highest BCUT2D eigenvalue weighted by Crippen LogP contribution is 2.33. The third kappa shape index (κ3) is 4.32. The average molecular weight is 441 g/mol. The minimum atomic E-state index is -4.67. The van der Waals surface area contributed by atoms with Crippen molar-refractivity contribution in [2.24, 2.45) is 5.92 Å². The van der Waals surface area contributed by atoms with Gasteiger partial charge >= 0.3 is 6.18 Å². The number of carbonyl (C=O) groups excluding carboxylic acids is 2. The van der Waals surface area contributed by atoms with Crippen LogP contribution in [-0.4, -0.2) is 27.0 Å². The molecule has 0 aliphatic heterocycles. The third-order valence-corrected chi connectivity index (χ3v) is 5.61. The quantitative estimate of drug-likeness (QED) is 0.601. The van der Waals surface area contributed by atoms with Gasteiger partial charge < -0.3 is 10.1 Å². The number of alkyl halides is 3. The lowest BCUT2D eigenvalue weighted by Gasteiger charge is -2.25. The SMILES string of the molecule is N#Cc1cc2nn(C3CCC(C=O)CC3)cc2cc1NC(=O)c1cccc(C(F)(F)F)n1. The molecule has 0 spiro atoms. The maximum Gasteiger partial charge on any atom is 0.433 e. The van der Waals surface area contributed by atoms with Crippen molar-refractivity contribution in [3.05, 3.63) is 53.5 Å². The van der Waals surface area contributed by atoms with Crippen LogP contribution in [0.5, 0.6) is 0 Å². The molecule has 1 amide bonds. The lowest BCUT2D eigenvalue weighted by molar-refractivity contribution is -0.141. The Kier molecular flexibility index (Phi) is 5.65. The normalized spacial score (nSPS) is 18.8. The minimum absolute atomic E-state index is 0.0766. The van der Waals surface area contributed by atoms with E-state index < -0.39 is 23.5 Å². The number of amides is 1. The van der Waals surface area contributed by atoms with Crippen molar-refractivity contribution in [1.29, 1.82) is 5.26 Å². The Hall–Kier alpha value is -3.74. The number of halogens is 3. The predicted molar refractivity (Wildman–Crippen MR) is 109 cm³/mol. The summed E-state index contributed by atoms with van der Waals surface area (Å²) in [5.41, 5.74) is -0.728. The topological polar surface area (TPSA) is 101 Å². The van der Waals surface area contributed by atoms with Crippen molar-refractivity contribution in [1.82, 2.24) is 14.8 Å². The third-order valence-electron chi connectivity index (χ3n) is 5.61. The van der Waals surface area contributed by atoms with Crippen LogP contribution in [0.2, 0.25) is 0 Å². The number of nitriles is 1. The molecular weight excluding hydrogens is 423 g/mol. The fourth-order valence-electron chi connectivity index (χ4n) is 3.88. The van der Waals surface area contributed by atoms with Crippen LogP contribution in [0, 0.1) is 17.2 Å². The van der Waals surface area contributed by atoms with Crippen LogP contribution in [-0.2, 0) is 11.0 Å². The van der Waals surface area contributed by atoms with Gasteiger partial charge in [-0.3, -0.25) is 9.48 Å². The predicted octanol–water partition coefficient (Wildman–Crippen LogP) is 4.50. The van der Waals surface area contributed by atoms with Crippen LogP contribution in [0.15, 0.2) is 36.5 Å². The first-order chi connectivity index (χ1) is 15.3. The molecule has 1 N–H and O–H groups in total. The Balaban J connectivity index is 1.60. The number of benzene rings is 1. The van der Waals surface area contributed by atoms with Crippen LogP contribution in [0.4, 0.5) is 18.9 Å². The summed E-state index contributed by atoms with van der Waals surface area (Å²) in [4.78, 5) is 26.8. The average Bonchev–Trinajstić information content (AvgIpc) is 3.21. The molecule has 32 heavy (non-hydrogen) atoms. The molecule has 164 valence electrons. The second-order valence-electron chi connectivity index (χ2n) is 7.74. The number of fused-ring (bicyclic) bond motifs is 1. The van der Waals surface area contributed by atoms with Gasteiger partial charge in [-0.1, -0.05) is 6.07 Å². The molecule has 1 aromatic carbocycles. The highest BCUT2D eigenvalue weighted by molar-refractivity contribution is 6.04. The van der Waals surface area contributed by atoms with Crippen LogP contribution in [0.25, 0.3) is 10.9 Å². The number of aldehydes is 1. The Labute approximate surface area is 180 Å². The highest BCUT2D eigenvalue weighted by Gasteiger charge is 2.33. The van der Waals surface area contributed by atoms with Gasteiger partial charge in [-0.25, -0.2) is 4.98 Å². The molecule has 7 nitrogen and oxygen atoms in total. The number of carbonyl (C=O) groups is 2. The molecule has 0 radical (unpaired) electrons. The van der Waals surface area contributed by atoms with Gasteiger partial charge in [-0.05, 0) is 49.9 Å². The number of aromatic nitrogens is 3.